The van der Waals surface area contributed by atoms with Gasteiger partial charge in [-0.05, 0) is 44.9 Å². The molecule has 1 fully saturated rings. The maximum Gasteiger partial charge on any atom is 0.0608 e. The molecule has 2 atom stereocenters. The van der Waals surface area contributed by atoms with Crippen LogP contribution in [0.3, 0.4) is 0 Å². The van der Waals surface area contributed by atoms with Gasteiger partial charge in [0.2, 0.25) is 0 Å². The number of anilines is 1. The van der Waals surface area contributed by atoms with Gasteiger partial charge in [-0.15, -0.1) is 0 Å². The number of pyridine rings is 1. The Morgan fingerprint density at radius 1 is 1.39 bits per heavy atom. The number of piperidine rings is 1. The lowest BCUT2D eigenvalue weighted by Gasteiger charge is -2.39. The lowest BCUT2D eigenvalue weighted by Crippen LogP contribution is -2.48. The Hall–Kier alpha value is -1.09. The second-order valence-corrected chi connectivity index (χ2v) is 5.43. The minimum Gasteiger partial charge on any atom is -0.370 e. The molecule has 1 aliphatic heterocycles. The zero-order valence-corrected chi connectivity index (χ0v) is 12.0. The molecule has 2 unspecified atom stereocenters. The maximum atomic E-state index is 4.57. The van der Waals surface area contributed by atoms with Gasteiger partial charge in [0.15, 0.2) is 0 Å². The van der Waals surface area contributed by atoms with Crippen molar-refractivity contribution in [1.29, 1.82) is 0 Å². The normalized spacial score (nSPS) is 24.3. The standard InChI is InChI=1S/C15H25N3/c1-5-16-14-8-9-18(10-11(14)2)15-7-6-12(3)17-13(15)4/h6-7,11,14,16H,5,8-10H2,1-4H3. The third kappa shape index (κ3) is 2.83. The summed E-state index contributed by atoms with van der Waals surface area (Å²) in [6, 6.07) is 5.01. The van der Waals surface area contributed by atoms with E-state index in [1.54, 1.807) is 0 Å². The minimum atomic E-state index is 0.671. The predicted octanol–water partition coefficient (Wildman–Crippen LogP) is 2.52. The van der Waals surface area contributed by atoms with Crippen molar-refractivity contribution >= 4 is 5.69 Å². The third-order valence-electron chi connectivity index (χ3n) is 3.91. The van der Waals surface area contributed by atoms with E-state index in [0.29, 0.717) is 12.0 Å². The quantitative estimate of drug-likeness (QED) is 0.889. The van der Waals surface area contributed by atoms with E-state index in [2.05, 4.69) is 55.0 Å². The van der Waals surface area contributed by atoms with Gasteiger partial charge in [0.05, 0.1) is 11.4 Å². The third-order valence-corrected chi connectivity index (χ3v) is 3.91. The fraction of sp³-hybridized carbons (Fsp3) is 0.667. The first kappa shape index (κ1) is 13.3. The highest BCUT2D eigenvalue weighted by Gasteiger charge is 2.26. The van der Waals surface area contributed by atoms with Crippen LogP contribution in [0.25, 0.3) is 0 Å². The first-order chi connectivity index (χ1) is 8.61. The van der Waals surface area contributed by atoms with E-state index in [1.165, 1.54) is 12.1 Å². The highest BCUT2D eigenvalue weighted by Crippen LogP contribution is 2.25. The molecular weight excluding hydrogens is 222 g/mol. The molecule has 18 heavy (non-hydrogen) atoms. The van der Waals surface area contributed by atoms with Crippen LogP contribution in [-0.4, -0.2) is 30.7 Å². The largest absolute Gasteiger partial charge is 0.370 e. The summed E-state index contributed by atoms with van der Waals surface area (Å²) in [6.07, 6.45) is 1.22. The average molecular weight is 247 g/mol. The van der Waals surface area contributed by atoms with E-state index in [-0.39, 0.29) is 0 Å². The summed E-state index contributed by atoms with van der Waals surface area (Å²) in [5, 5.41) is 3.59. The van der Waals surface area contributed by atoms with E-state index in [4.69, 9.17) is 0 Å². The summed E-state index contributed by atoms with van der Waals surface area (Å²) in [7, 11) is 0. The molecule has 2 heterocycles. The van der Waals surface area contributed by atoms with Gasteiger partial charge < -0.3 is 10.2 Å². The first-order valence-corrected chi connectivity index (χ1v) is 7.04. The maximum absolute atomic E-state index is 4.57. The molecule has 1 aromatic rings. The number of hydrogen-bond acceptors (Lipinski definition) is 3. The SMILES string of the molecule is CCNC1CCN(c2ccc(C)nc2C)CC1C. The average Bonchev–Trinajstić information content (AvgIpc) is 2.32. The van der Waals surface area contributed by atoms with Crippen LogP contribution < -0.4 is 10.2 Å². The van der Waals surface area contributed by atoms with Gasteiger partial charge in [-0.1, -0.05) is 13.8 Å². The smallest absolute Gasteiger partial charge is 0.0608 e. The second kappa shape index (κ2) is 5.70. The molecule has 0 radical (unpaired) electrons. The summed E-state index contributed by atoms with van der Waals surface area (Å²) < 4.78 is 0. The van der Waals surface area contributed by atoms with Crippen molar-refractivity contribution in [3.05, 3.63) is 23.5 Å². The van der Waals surface area contributed by atoms with Crippen LogP contribution in [0.5, 0.6) is 0 Å². The molecule has 1 aliphatic rings. The summed E-state index contributed by atoms with van der Waals surface area (Å²) >= 11 is 0. The van der Waals surface area contributed by atoms with Crippen LogP contribution in [0.4, 0.5) is 5.69 Å². The van der Waals surface area contributed by atoms with E-state index in [0.717, 1.165) is 31.0 Å². The number of nitrogens with zero attached hydrogens (tertiary/aromatic N) is 2. The van der Waals surface area contributed by atoms with Crippen molar-refractivity contribution in [2.45, 2.75) is 40.2 Å². The van der Waals surface area contributed by atoms with Crippen LogP contribution in [0, 0.1) is 19.8 Å². The minimum absolute atomic E-state index is 0.671. The summed E-state index contributed by atoms with van der Waals surface area (Å²) in [4.78, 5) is 7.06. The summed E-state index contributed by atoms with van der Waals surface area (Å²) in [6.45, 7) is 12.0. The van der Waals surface area contributed by atoms with Crippen LogP contribution in [0.2, 0.25) is 0 Å². The second-order valence-electron chi connectivity index (χ2n) is 5.43. The molecule has 2 rings (SSSR count). The van der Waals surface area contributed by atoms with Crippen molar-refractivity contribution < 1.29 is 0 Å². The van der Waals surface area contributed by atoms with Gasteiger partial charge in [-0.3, -0.25) is 4.98 Å². The molecule has 0 bridgehead atoms. The van der Waals surface area contributed by atoms with Crippen molar-refractivity contribution in [2.24, 2.45) is 5.92 Å². The van der Waals surface area contributed by atoms with E-state index in [1.807, 2.05) is 0 Å². The van der Waals surface area contributed by atoms with E-state index < -0.39 is 0 Å². The van der Waals surface area contributed by atoms with Crippen molar-refractivity contribution in [2.75, 3.05) is 24.5 Å². The molecular formula is C15H25N3. The lowest BCUT2D eigenvalue weighted by atomic mass is 9.93. The number of hydrogen-bond donors (Lipinski definition) is 1. The summed E-state index contributed by atoms with van der Waals surface area (Å²) in [5.74, 6) is 0.694. The highest BCUT2D eigenvalue weighted by atomic mass is 15.2. The van der Waals surface area contributed by atoms with Crippen LogP contribution in [0.15, 0.2) is 12.1 Å². The fourth-order valence-electron chi connectivity index (χ4n) is 2.94. The number of nitrogens with one attached hydrogen (secondary N) is 1. The topological polar surface area (TPSA) is 28.2 Å². The molecule has 0 aliphatic carbocycles. The van der Waals surface area contributed by atoms with Crippen LogP contribution >= 0.6 is 0 Å². The van der Waals surface area contributed by atoms with Gasteiger partial charge in [-0.2, -0.15) is 0 Å². The van der Waals surface area contributed by atoms with Crippen LogP contribution in [0.1, 0.15) is 31.7 Å². The summed E-state index contributed by atoms with van der Waals surface area (Å²) in [5.41, 5.74) is 3.57. The zero-order chi connectivity index (χ0) is 13.1. The predicted molar refractivity (Wildman–Crippen MR) is 77.2 cm³/mol. The molecule has 0 spiro atoms. The molecule has 1 aromatic heterocycles. The Bertz CT molecular complexity index is 403. The fourth-order valence-corrected chi connectivity index (χ4v) is 2.94. The van der Waals surface area contributed by atoms with Gasteiger partial charge in [0.1, 0.15) is 0 Å². The Balaban J connectivity index is 2.07. The molecule has 0 amide bonds. The van der Waals surface area contributed by atoms with Gasteiger partial charge >= 0.3 is 0 Å². The monoisotopic (exact) mass is 247 g/mol. The molecule has 0 aromatic carbocycles. The Labute approximate surface area is 111 Å². The lowest BCUT2D eigenvalue weighted by molar-refractivity contribution is 0.326. The van der Waals surface area contributed by atoms with Crippen molar-refractivity contribution in [3.63, 3.8) is 0 Å². The van der Waals surface area contributed by atoms with Gasteiger partial charge in [-0.25, -0.2) is 0 Å². The molecule has 1 N–H and O–H groups in total. The molecule has 3 nitrogen and oxygen atoms in total. The molecule has 3 heteroatoms. The highest BCUT2D eigenvalue weighted by molar-refractivity contribution is 5.51. The Kier molecular flexibility index (Phi) is 4.23. The molecule has 100 valence electrons. The van der Waals surface area contributed by atoms with Crippen molar-refractivity contribution in [1.82, 2.24) is 10.3 Å². The first-order valence-electron chi connectivity index (χ1n) is 7.04. The van der Waals surface area contributed by atoms with Crippen molar-refractivity contribution in [3.8, 4) is 0 Å². The molecule has 1 saturated heterocycles. The van der Waals surface area contributed by atoms with Gasteiger partial charge in [0.25, 0.3) is 0 Å². The zero-order valence-electron chi connectivity index (χ0n) is 12.0. The Morgan fingerprint density at radius 2 is 2.17 bits per heavy atom. The number of aryl methyl sites for hydroxylation is 2. The van der Waals surface area contributed by atoms with Crippen LogP contribution in [-0.2, 0) is 0 Å². The van der Waals surface area contributed by atoms with E-state index >= 15 is 0 Å². The Morgan fingerprint density at radius 3 is 2.78 bits per heavy atom. The number of aromatic nitrogens is 1. The van der Waals surface area contributed by atoms with E-state index in [9.17, 15) is 0 Å². The molecule has 0 saturated carbocycles. The van der Waals surface area contributed by atoms with Gasteiger partial charge in [0, 0.05) is 24.8 Å². The number of rotatable bonds is 3.